The van der Waals surface area contributed by atoms with Crippen LogP contribution in [0.4, 0.5) is 0 Å². The van der Waals surface area contributed by atoms with E-state index in [-0.39, 0.29) is 0 Å². The smallest absolute Gasteiger partial charge is 0.137 e. The van der Waals surface area contributed by atoms with Gasteiger partial charge in [-0.15, -0.1) is 0 Å². The minimum atomic E-state index is 0.742. The summed E-state index contributed by atoms with van der Waals surface area (Å²) in [5, 5.41) is 2.10. The molecule has 1 rings (SSSR count). The lowest BCUT2D eigenvalue weighted by atomic mass is 10.3. The Labute approximate surface area is 91.4 Å². The van der Waals surface area contributed by atoms with E-state index in [2.05, 4.69) is 12.2 Å². The van der Waals surface area contributed by atoms with Gasteiger partial charge in [-0.3, -0.25) is 0 Å². The maximum Gasteiger partial charge on any atom is 0.137 e. The van der Waals surface area contributed by atoms with Gasteiger partial charge < -0.3 is 14.8 Å². The monoisotopic (exact) mass is 210 g/mol. The fourth-order valence-electron chi connectivity index (χ4n) is 1.15. The molecular weight excluding hydrogens is 190 g/mol. The summed E-state index contributed by atoms with van der Waals surface area (Å²) in [6.07, 6.45) is 1.03. The van der Waals surface area contributed by atoms with Gasteiger partial charge in [-0.2, -0.15) is 0 Å². The number of quaternary nitrogens is 1. The highest BCUT2D eigenvalue weighted by atomic mass is 16.5. The summed E-state index contributed by atoms with van der Waals surface area (Å²) in [5.74, 6) is 1.81. The number of rotatable bonds is 7. The molecule has 0 aliphatic rings. The highest BCUT2D eigenvalue weighted by Crippen LogP contribution is 2.17. The quantitative estimate of drug-likeness (QED) is 0.683. The second kappa shape index (κ2) is 7.12. The third-order valence-electron chi connectivity index (χ3n) is 1.97. The first-order chi connectivity index (χ1) is 7.36. The zero-order chi connectivity index (χ0) is 10.9. The summed E-state index contributed by atoms with van der Waals surface area (Å²) >= 11 is 0. The van der Waals surface area contributed by atoms with Gasteiger partial charge in [0, 0.05) is 0 Å². The number of benzene rings is 1. The predicted octanol–water partition coefficient (Wildman–Crippen LogP) is 1.05. The van der Waals surface area contributed by atoms with Crippen molar-refractivity contribution in [2.75, 3.05) is 26.8 Å². The Kier molecular flexibility index (Phi) is 5.63. The van der Waals surface area contributed by atoms with Crippen LogP contribution in [0, 0.1) is 0 Å². The zero-order valence-corrected chi connectivity index (χ0v) is 9.53. The van der Waals surface area contributed by atoms with Gasteiger partial charge in [-0.25, -0.2) is 0 Å². The van der Waals surface area contributed by atoms with Crippen LogP contribution >= 0.6 is 0 Å². The van der Waals surface area contributed by atoms with Crippen LogP contribution in [0.3, 0.4) is 0 Å². The highest BCUT2D eigenvalue weighted by molar-refractivity contribution is 5.31. The Morgan fingerprint density at radius 1 is 1.00 bits per heavy atom. The zero-order valence-electron chi connectivity index (χ0n) is 9.53. The topological polar surface area (TPSA) is 35.1 Å². The van der Waals surface area contributed by atoms with Crippen molar-refractivity contribution in [1.82, 2.24) is 0 Å². The van der Waals surface area contributed by atoms with E-state index >= 15 is 0 Å². The van der Waals surface area contributed by atoms with Crippen LogP contribution in [0.2, 0.25) is 0 Å². The molecule has 0 fully saturated rings. The second-order valence-electron chi connectivity index (χ2n) is 3.37. The molecule has 2 N–H and O–H groups in total. The Balaban J connectivity index is 2.35. The van der Waals surface area contributed by atoms with Crippen molar-refractivity contribution in [2.24, 2.45) is 0 Å². The van der Waals surface area contributed by atoms with Crippen molar-refractivity contribution >= 4 is 0 Å². The predicted molar refractivity (Wildman–Crippen MR) is 60.4 cm³/mol. The van der Waals surface area contributed by atoms with E-state index in [4.69, 9.17) is 9.47 Å². The maximum atomic E-state index is 5.52. The lowest BCUT2D eigenvalue weighted by Gasteiger charge is -2.07. The molecule has 0 atom stereocenters. The largest absolute Gasteiger partial charge is 0.494 e. The standard InChI is InChI=1S/C12H19NO2/c1-3-9-14-11-4-6-12(7-5-11)15-10-8-13-2/h4-7,13H,3,8-10H2,1-2H3/p+1. The highest BCUT2D eigenvalue weighted by Gasteiger charge is 1.95. The molecular formula is C12H20NO2+. The van der Waals surface area contributed by atoms with Gasteiger partial charge in [0.15, 0.2) is 0 Å². The van der Waals surface area contributed by atoms with Crippen LogP contribution in [0.15, 0.2) is 24.3 Å². The van der Waals surface area contributed by atoms with Gasteiger partial charge in [0.1, 0.15) is 24.7 Å². The van der Waals surface area contributed by atoms with Crippen LogP contribution in [0.25, 0.3) is 0 Å². The Morgan fingerprint density at radius 2 is 1.53 bits per heavy atom. The molecule has 0 saturated heterocycles. The first kappa shape index (κ1) is 11.9. The molecule has 1 aromatic carbocycles. The third-order valence-corrected chi connectivity index (χ3v) is 1.97. The fourth-order valence-corrected chi connectivity index (χ4v) is 1.15. The molecule has 0 aliphatic heterocycles. The average molecular weight is 210 g/mol. The van der Waals surface area contributed by atoms with Gasteiger partial charge in [0.2, 0.25) is 0 Å². The first-order valence-electron chi connectivity index (χ1n) is 5.50. The van der Waals surface area contributed by atoms with E-state index in [1.165, 1.54) is 0 Å². The van der Waals surface area contributed by atoms with Gasteiger partial charge in [-0.05, 0) is 30.7 Å². The molecule has 15 heavy (non-hydrogen) atoms. The Morgan fingerprint density at radius 3 is 2.00 bits per heavy atom. The van der Waals surface area contributed by atoms with E-state index < -0.39 is 0 Å². The number of nitrogens with two attached hydrogens (primary N) is 1. The summed E-state index contributed by atoms with van der Waals surface area (Å²) in [6, 6.07) is 7.78. The van der Waals surface area contributed by atoms with E-state index in [0.29, 0.717) is 0 Å². The minimum absolute atomic E-state index is 0.742. The normalized spacial score (nSPS) is 10.0. The van der Waals surface area contributed by atoms with Crippen molar-refractivity contribution in [3.05, 3.63) is 24.3 Å². The van der Waals surface area contributed by atoms with Crippen molar-refractivity contribution in [2.45, 2.75) is 13.3 Å². The molecule has 3 nitrogen and oxygen atoms in total. The third kappa shape index (κ3) is 4.70. The Bertz CT molecular complexity index is 259. The van der Waals surface area contributed by atoms with Crippen molar-refractivity contribution in [3.63, 3.8) is 0 Å². The SMILES string of the molecule is CCCOc1ccc(OCC[NH2+]C)cc1. The summed E-state index contributed by atoms with van der Waals surface area (Å²) in [5.41, 5.74) is 0. The molecule has 0 spiro atoms. The molecule has 0 aromatic heterocycles. The van der Waals surface area contributed by atoms with Crippen LogP contribution in [0.1, 0.15) is 13.3 Å². The molecule has 0 unspecified atom stereocenters. The fraction of sp³-hybridized carbons (Fsp3) is 0.500. The molecule has 0 radical (unpaired) electrons. The molecule has 84 valence electrons. The summed E-state index contributed by atoms with van der Waals surface area (Å²) in [6.45, 7) is 4.59. The summed E-state index contributed by atoms with van der Waals surface area (Å²) in [7, 11) is 2.03. The Hall–Kier alpha value is -1.22. The van der Waals surface area contributed by atoms with E-state index in [0.717, 1.165) is 37.7 Å². The molecule has 0 saturated carbocycles. The van der Waals surface area contributed by atoms with Gasteiger partial charge in [0.05, 0.1) is 13.7 Å². The van der Waals surface area contributed by atoms with Crippen LogP contribution in [-0.2, 0) is 0 Å². The molecule has 1 aromatic rings. The number of hydrogen-bond acceptors (Lipinski definition) is 2. The van der Waals surface area contributed by atoms with Crippen molar-refractivity contribution < 1.29 is 14.8 Å². The summed E-state index contributed by atoms with van der Waals surface area (Å²) < 4.78 is 11.0. The number of likely N-dealkylation sites (N-methyl/N-ethyl adjacent to an activating group) is 1. The van der Waals surface area contributed by atoms with Crippen LogP contribution in [0.5, 0.6) is 11.5 Å². The van der Waals surface area contributed by atoms with E-state index in [1.54, 1.807) is 0 Å². The average Bonchev–Trinajstić information content (AvgIpc) is 2.28. The van der Waals surface area contributed by atoms with Crippen LogP contribution < -0.4 is 14.8 Å². The van der Waals surface area contributed by atoms with Crippen molar-refractivity contribution in [3.8, 4) is 11.5 Å². The van der Waals surface area contributed by atoms with Gasteiger partial charge >= 0.3 is 0 Å². The first-order valence-corrected chi connectivity index (χ1v) is 5.50. The lowest BCUT2D eigenvalue weighted by Crippen LogP contribution is -2.80. The summed E-state index contributed by atoms with van der Waals surface area (Å²) in [4.78, 5) is 0. The molecule has 3 heteroatoms. The van der Waals surface area contributed by atoms with Crippen molar-refractivity contribution in [1.29, 1.82) is 0 Å². The molecule has 0 amide bonds. The second-order valence-corrected chi connectivity index (χ2v) is 3.37. The van der Waals surface area contributed by atoms with E-state index in [9.17, 15) is 0 Å². The minimum Gasteiger partial charge on any atom is -0.494 e. The molecule has 0 heterocycles. The molecule has 0 aliphatic carbocycles. The van der Waals surface area contributed by atoms with E-state index in [1.807, 2.05) is 31.3 Å². The lowest BCUT2D eigenvalue weighted by molar-refractivity contribution is -0.627. The van der Waals surface area contributed by atoms with Gasteiger partial charge in [0.25, 0.3) is 0 Å². The van der Waals surface area contributed by atoms with Gasteiger partial charge in [-0.1, -0.05) is 6.92 Å². The number of hydrogen-bond donors (Lipinski definition) is 1. The van der Waals surface area contributed by atoms with Crippen LogP contribution in [-0.4, -0.2) is 26.8 Å². The number of ether oxygens (including phenoxy) is 2. The molecule has 0 bridgehead atoms. The maximum absolute atomic E-state index is 5.52.